The first-order chi connectivity index (χ1) is 8.88. The van der Waals surface area contributed by atoms with E-state index in [1.54, 1.807) is 0 Å². The van der Waals surface area contributed by atoms with Crippen LogP contribution in [0.3, 0.4) is 0 Å². The Morgan fingerprint density at radius 1 is 1.17 bits per heavy atom. The molecule has 0 aliphatic carbocycles. The highest BCUT2D eigenvalue weighted by Crippen LogP contribution is 2.28. The van der Waals surface area contributed by atoms with Crippen molar-refractivity contribution in [3.63, 3.8) is 0 Å². The van der Waals surface area contributed by atoms with E-state index in [4.69, 9.17) is 5.26 Å². The number of H-pyrrole nitrogens is 1. The molecule has 0 saturated carbocycles. The molecule has 0 aliphatic heterocycles. The average Bonchev–Trinajstić information content (AvgIpc) is 2.87. The van der Waals surface area contributed by atoms with Crippen LogP contribution in [0.15, 0.2) is 48.7 Å². The molecule has 3 nitrogen and oxygen atoms in total. The second-order valence-electron chi connectivity index (χ2n) is 4.10. The Hall–Kier alpha value is -2.60. The van der Waals surface area contributed by atoms with Crippen LogP contribution in [0.2, 0.25) is 0 Å². The van der Waals surface area contributed by atoms with Crippen molar-refractivity contribution in [2.24, 2.45) is 0 Å². The molecule has 86 valence electrons. The van der Waals surface area contributed by atoms with Crippen molar-refractivity contribution in [2.45, 2.75) is 6.42 Å². The van der Waals surface area contributed by atoms with E-state index in [1.165, 1.54) is 0 Å². The standard InChI is InChI=1S/C15H11N3/c16-8-6-12-10-14(11-4-2-1-3-5-11)13-7-9-17-15(13)18-12/h1-5,7,9-10H,6H2,(H,17,18). The molecule has 3 heteroatoms. The van der Waals surface area contributed by atoms with Gasteiger partial charge in [-0.1, -0.05) is 30.3 Å². The van der Waals surface area contributed by atoms with Gasteiger partial charge in [-0.3, -0.25) is 0 Å². The molecule has 0 fully saturated rings. The van der Waals surface area contributed by atoms with E-state index in [0.29, 0.717) is 6.42 Å². The van der Waals surface area contributed by atoms with Gasteiger partial charge in [0.05, 0.1) is 18.2 Å². The lowest BCUT2D eigenvalue weighted by Gasteiger charge is -2.05. The molecule has 0 amide bonds. The van der Waals surface area contributed by atoms with Crippen LogP contribution in [-0.2, 0) is 6.42 Å². The van der Waals surface area contributed by atoms with E-state index in [9.17, 15) is 0 Å². The summed E-state index contributed by atoms with van der Waals surface area (Å²) in [6.45, 7) is 0. The number of aromatic amines is 1. The second kappa shape index (κ2) is 4.34. The van der Waals surface area contributed by atoms with E-state index in [1.807, 2.05) is 36.5 Å². The zero-order chi connectivity index (χ0) is 12.4. The van der Waals surface area contributed by atoms with Crippen LogP contribution in [0.1, 0.15) is 5.69 Å². The Balaban J connectivity index is 2.27. The van der Waals surface area contributed by atoms with Crippen molar-refractivity contribution < 1.29 is 0 Å². The fraction of sp³-hybridized carbons (Fsp3) is 0.0667. The molecule has 0 aliphatic rings. The van der Waals surface area contributed by atoms with Gasteiger partial charge in [0.25, 0.3) is 0 Å². The highest BCUT2D eigenvalue weighted by molar-refractivity contribution is 5.93. The van der Waals surface area contributed by atoms with Crippen molar-refractivity contribution >= 4 is 11.0 Å². The van der Waals surface area contributed by atoms with Crippen LogP contribution < -0.4 is 0 Å². The third-order valence-corrected chi connectivity index (χ3v) is 2.93. The molecule has 0 unspecified atom stereocenters. The molecule has 1 N–H and O–H groups in total. The molecule has 0 spiro atoms. The number of hydrogen-bond acceptors (Lipinski definition) is 2. The first-order valence-electron chi connectivity index (χ1n) is 5.78. The molecule has 3 rings (SSSR count). The number of hydrogen-bond donors (Lipinski definition) is 1. The van der Waals surface area contributed by atoms with Gasteiger partial charge < -0.3 is 4.98 Å². The highest BCUT2D eigenvalue weighted by atomic mass is 14.8. The number of nitriles is 1. The number of nitrogens with zero attached hydrogens (tertiary/aromatic N) is 2. The minimum atomic E-state index is 0.328. The van der Waals surface area contributed by atoms with Gasteiger partial charge in [0, 0.05) is 11.6 Å². The van der Waals surface area contributed by atoms with Crippen LogP contribution in [0.4, 0.5) is 0 Å². The summed E-state index contributed by atoms with van der Waals surface area (Å²) in [6.07, 6.45) is 2.20. The first kappa shape index (κ1) is 10.5. The lowest BCUT2D eigenvalue weighted by molar-refractivity contribution is 1.13. The van der Waals surface area contributed by atoms with Crippen molar-refractivity contribution in [1.29, 1.82) is 5.26 Å². The normalized spacial score (nSPS) is 10.4. The summed E-state index contributed by atoms with van der Waals surface area (Å²) in [5.74, 6) is 0. The topological polar surface area (TPSA) is 52.5 Å². The Morgan fingerprint density at radius 3 is 2.78 bits per heavy atom. The summed E-state index contributed by atoms with van der Waals surface area (Å²) >= 11 is 0. The number of benzene rings is 1. The molecule has 0 atom stereocenters. The van der Waals surface area contributed by atoms with Crippen LogP contribution in [0, 0.1) is 11.3 Å². The smallest absolute Gasteiger partial charge is 0.138 e. The summed E-state index contributed by atoms with van der Waals surface area (Å²) in [6, 6.07) is 16.3. The monoisotopic (exact) mass is 233 g/mol. The van der Waals surface area contributed by atoms with E-state index >= 15 is 0 Å². The quantitative estimate of drug-likeness (QED) is 0.738. The number of nitrogens with one attached hydrogen (secondary N) is 1. The SMILES string of the molecule is N#CCc1cc(-c2ccccc2)c2cc[nH]c2n1. The predicted octanol–water partition coefficient (Wildman–Crippen LogP) is 3.30. The maximum Gasteiger partial charge on any atom is 0.138 e. The van der Waals surface area contributed by atoms with Crippen molar-refractivity contribution in [3.8, 4) is 17.2 Å². The Morgan fingerprint density at radius 2 is 2.00 bits per heavy atom. The highest BCUT2D eigenvalue weighted by Gasteiger charge is 2.08. The maximum absolute atomic E-state index is 8.80. The molecule has 0 radical (unpaired) electrons. The summed E-state index contributed by atoms with van der Waals surface area (Å²) in [5, 5.41) is 9.89. The van der Waals surface area contributed by atoms with Gasteiger partial charge >= 0.3 is 0 Å². The summed E-state index contributed by atoms with van der Waals surface area (Å²) in [7, 11) is 0. The summed E-state index contributed by atoms with van der Waals surface area (Å²) in [5.41, 5.74) is 3.89. The Kier molecular flexibility index (Phi) is 2.54. The molecule has 0 bridgehead atoms. The van der Waals surface area contributed by atoms with Crippen LogP contribution in [0.5, 0.6) is 0 Å². The number of fused-ring (bicyclic) bond motifs is 1. The third kappa shape index (κ3) is 1.74. The molecule has 2 aromatic heterocycles. The van der Waals surface area contributed by atoms with Gasteiger partial charge in [0.15, 0.2) is 0 Å². The van der Waals surface area contributed by atoms with E-state index < -0.39 is 0 Å². The molecular weight excluding hydrogens is 222 g/mol. The van der Waals surface area contributed by atoms with Gasteiger partial charge in [-0.2, -0.15) is 5.26 Å². The summed E-state index contributed by atoms with van der Waals surface area (Å²) < 4.78 is 0. The van der Waals surface area contributed by atoms with Crippen molar-refractivity contribution in [1.82, 2.24) is 9.97 Å². The predicted molar refractivity (Wildman–Crippen MR) is 70.8 cm³/mol. The Labute approximate surface area is 105 Å². The van der Waals surface area contributed by atoms with Crippen molar-refractivity contribution in [3.05, 3.63) is 54.4 Å². The number of rotatable bonds is 2. The van der Waals surface area contributed by atoms with Gasteiger partial charge in [0.2, 0.25) is 0 Å². The zero-order valence-electron chi connectivity index (χ0n) is 9.72. The third-order valence-electron chi connectivity index (χ3n) is 2.93. The lowest BCUT2D eigenvalue weighted by Crippen LogP contribution is -1.91. The number of pyridine rings is 1. The lowest BCUT2D eigenvalue weighted by atomic mass is 10.0. The second-order valence-corrected chi connectivity index (χ2v) is 4.10. The van der Waals surface area contributed by atoms with Crippen LogP contribution in [-0.4, -0.2) is 9.97 Å². The fourth-order valence-corrected chi connectivity index (χ4v) is 2.12. The average molecular weight is 233 g/mol. The van der Waals surface area contributed by atoms with E-state index in [2.05, 4.69) is 28.2 Å². The van der Waals surface area contributed by atoms with Gasteiger partial charge in [-0.25, -0.2) is 4.98 Å². The van der Waals surface area contributed by atoms with Gasteiger partial charge in [-0.05, 0) is 23.3 Å². The molecule has 0 saturated heterocycles. The fourth-order valence-electron chi connectivity index (χ4n) is 2.12. The maximum atomic E-state index is 8.80. The minimum Gasteiger partial charge on any atom is -0.346 e. The summed E-state index contributed by atoms with van der Waals surface area (Å²) in [4.78, 5) is 7.54. The first-order valence-corrected chi connectivity index (χ1v) is 5.78. The van der Waals surface area contributed by atoms with Crippen LogP contribution in [0.25, 0.3) is 22.2 Å². The minimum absolute atomic E-state index is 0.328. The zero-order valence-corrected chi connectivity index (χ0v) is 9.72. The van der Waals surface area contributed by atoms with E-state index in [-0.39, 0.29) is 0 Å². The number of aromatic nitrogens is 2. The molecular formula is C15H11N3. The molecule has 3 aromatic rings. The molecule has 18 heavy (non-hydrogen) atoms. The van der Waals surface area contributed by atoms with Crippen LogP contribution >= 0.6 is 0 Å². The van der Waals surface area contributed by atoms with Gasteiger partial charge in [0.1, 0.15) is 5.65 Å². The Bertz CT molecular complexity index is 720. The molecule has 2 heterocycles. The molecule has 1 aromatic carbocycles. The van der Waals surface area contributed by atoms with Gasteiger partial charge in [-0.15, -0.1) is 0 Å². The largest absolute Gasteiger partial charge is 0.346 e. The van der Waals surface area contributed by atoms with E-state index in [0.717, 1.165) is 27.9 Å². The van der Waals surface area contributed by atoms with Crippen molar-refractivity contribution in [2.75, 3.05) is 0 Å².